The Morgan fingerprint density at radius 3 is 2.35 bits per heavy atom. The van der Waals surface area contributed by atoms with E-state index in [1.54, 1.807) is 36.4 Å². The third-order valence-corrected chi connectivity index (χ3v) is 4.70. The van der Waals surface area contributed by atoms with Crippen molar-refractivity contribution in [1.29, 1.82) is 0 Å². The summed E-state index contributed by atoms with van der Waals surface area (Å²) in [5.41, 5.74) is 4.83. The van der Waals surface area contributed by atoms with Gasteiger partial charge in [-0.3, -0.25) is 23.5 Å². The lowest BCUT2D eigenvalue weighted by Crippen LogP contribution is -2.43. The van der Waals surface area contributed by atoms with Gasteiger partial charge in [0.05, 0.1) is 13.0 Å². The predicted molar refractivity (Wildman–Crippen MR) is 111 cm³/mol. The summed E-state index contributed by atoms with van der Waals surface area (Å²) in [4.78, 5) is 49.6. The predicted octanol–water partition coefficient (Wildman–Crippen LogP) is 1.29. The zero-order valence-corrected chi connectivity index (χ0v) is 16.7. The number of ketones is 1. The quantitative estimate of drug-likeness (QED) is 0.451. The highest BCUT2D eigenvalue weighted by Crippen LogP contribution is 2.11. The van der Waals surface area contributed by atoms with Crippen molar-refractivity contribution in [1.82, 2.24) is 9.13 Å². The van der Waals surface area contributed by atoms with E-state index in [4.69, 9.17) is 10.5 Å². The van der Waals surface area contributed by atoms with Gasteiger partial charge in [0.2, 0.25) is 5.78 Å². The zero-order chi connectivity index (χ0) is 22.5. The molecule has 0 aliphatic carbocycles. The number of benzene rings is 2. The Bertz CT molecular complexity index is 1250. The molecule has 0 aliphatic rings. The summed E-state index contributed by atoms with van der Waals surface area (Å²) in [5.74, 6) is -2.59. The summed E-state index contributed by atoms with van der Waals surface area (Å²) in [6.45, 7) is -0.719. The normalized spacial score (nSPS) is 10.6. The van der Waals surface area contributed by atoms with Gasteiger partial charge in [0.15, 0.2) is 6.61 Å². The number of hydrogen-bond acceptors (Lipinski definition) is 6. The Morgan fingerprint density at radius 1 is 1.03 bits per heavy atom. The number of halogens is 1. The molecule has 0 saturated heterocycles. The van der Waals surface area contributed by atoms with Crippen LogP contribution < -0.4 is 17.0 Å². The van der Waals surface area contributed by atoms with Crippen LogP contribution in [-0.2, 0) is 29.5 Å². The number of nitrogens with two attached hydrogens (primary N) is 1. The molecule has 0 atom stereocenters. The molecule has 9 heteroatoms. The van der Waals surface area contributed by atoms with E-state index in [9.17, 15) is 23.6 Å². The Kier molecular flexibility index (Phi) is 6.44. The first-order valence-corrected chi connectivity index (χ1v) is 9.35. The van der Waals surface area contributed by atoms with E-state index in [0.29, 0.717) is 0 Å². The minimum atomic E-state index is -0.887. The second kappa shape index (κ2) is 9.21. The summed E-state index contributed by atoms with van der Waals surface area (Å²) < 4.78 is 20.4. The third kappa shape index (κ3) is 4.77. The fourth-order valence-electron chi connectivity index (χ4n) is 3.03. The average Bonchev–Trinajstić information content (AvgIpc) is 2.76. The van der Waals surface area contributed by atoms with Crippen LogP contribution >= 0.6 is 0 Å². The monoisotopic (exact) mass is 425 g/mol. The lowest BCUT2D eigenvalue weighted by Gasteiger charge is -2.14. The lowest BCUT2D eigenvalue weighted by atomic mass is 10.1. The van der Waals surface area contributed by atoms with Crippen LogP contribution in [0.4, 0.5) is 10.2 Å². The maximum atomic E-state index is 13.7. The van der Waals surface area contributed by atoms with Crippen molar-refractivity contribution in [2.24, 2.45) is 7.05 Å². The van der Waals surface area contributed by atoms with Gasteiger partial charge < -0.3 is 10.5 Å². The van der Waals surface area contributed by atoms with Gasteiger partial charge in [-0.15, -0.1) is 0 Å². The molecule has 8 nitrogen and oxygen atoms in total. The van der Waals surface area contributed by atoms with Gasteiger partial charge in [-0.1, -0.05) is 48.5 Å². The smallest absolute Gasteiger partial charge is 0.332 e. The molecule has 0 unspecified atom stereocenters. The number of hydrogen-bond donors (Lipinski definition) is 1. The average molecular weight is 425 g/mol. The molecule has 0 bridgehead atoms. The van der Waals surface area contributed by atoms with Crippen molar-refractivity contribution in [3.05, 3.63) is 97.9 Å². The van der Waals surface area contributed by atoms with Crippen molar-refractivity contribution >= 4 is 17.6 Å². The van der Waals surface area contributed by atoms with Gasteiger partial charge in [-0.2, -0.15) is 0 Å². The summed E-state index contributed by atoms with van der Waals surface area (Å²) >= 11 is 0. The van der Waals surface area contributed by atoms with Crippen molar-refractivity contribution in [3.63, 3.8) is 0 Å². The van der Waals surface area contributed by atoms with Crippen LogP contribution in [0.5, 0.6) is 0 Å². The molecule has 0 fully saturated rings. The minimum Gasteiger partial charge on any atom is -0.457 e. The molecule has 0 amide bonds. The fraction of sp³-hybridized carbons (Fsp3) is 0.182. The summed E-state index contributed by atoms with van der Waals surface area (Å²) in [5, 5.41) is 0. The number of aromatic nitrogens is 2. The second-order valence-electron chi connectivity index (χ2n) is 6.83. The SMILES string of the molecule is Cn1c(=O)c(C(=O)COC(=O)Cc2ccccc2F)c(N)n(Cc2ccccc2)c1=O. The van der Waals surface area contributed by atoms with Gasteiger partial charge in [0.1, 0.15) is 17.2 Å². The summed E-state index contributed by atoms with van der Waals surface area (Å²) in [7, 11) is 1.23. The highest BCUT2D eigenvalue weighted by molar-refractivity contribution is 6.01. The number of carbonyl (C=O) groups is 2. The number of nitrogen functional groups attached to an aromatic ring is 1. The van der Waals surface area contributed by atoms with E-state index >= 15 is 0 Å². The summed E-state index contributed by atoms with van der Waals surface area (Å²) in [6.07, 6.45) is -0.374. The number of carbonyl (C=O) groups excluding carboxylic acids is 2. The molecule has 1 aromatic heterocycles. The molecule has 0 spiro atoms. The number of esters is 1. The van der Waals surface area contributed by atoms with E-state index in [1.807, 2.05) is 0 Å². The van der Waals surface area contributed by atoms with Crippen LogP contribution in [0.1, 0.15) is 21.5 Å². The highest BCUT2D eigenvalue weighted by atomic mass is 19.1. The third-order valence-electron chi connectivity index (χ3n) is 4.70. The van der Waals surface area contributed by atoms with Crippen LogP contribution in [-0.4, -0.2) is 27.5 Å². The first-order valence-electron chi connectivity index (χ1n) is 9.35. The maximum absolute atomic E-state index is 13.7. The fourth-order valence-corrected chi connectivity index (χ4v) is 3.03. The first-order chi connectivity index (χ1) is 14.8. The Labute approximate surface area is 176 Å². The molecule has 3 aromatic rings. The molecule has 160 valence electrons. The standard InChI is InChI=1S/C22H20FN3O5/c1-25-21(29)19(20(24)26(22(25)30)12-14-7-3-2-4-8-14)17(27)13-31-18(28)11-15-9-5-6-10-16(15)23/h2-10H,11-13,24H2,1H3. The van der Waals surface area contributed by atoms with Crippen LogP contribution in [0.2, 0.25) is 0 Å². The molecule has 0 radical (unpaired) electrons. The lowest BCUT2D eigenvalue weighted by molar-refractivity contribution is -0.141. The Morgan fingerprint density at radius 2 is 1.68 bits per heavy atom. The number of nitrogens with zero attached hydrogens (tertiary/aromatic N) is 2. The van der Waals surface area contributed by atoms with Gasteiger partial charge in [-0.25, -0.2) is 9.18 Å². The van der Waals surface area contributed by atoms with Crippen LogP contribution in [0.15, 0.2) is 64.2 Å². The van der Waals surface area contributed by atoms with Crippen LogP contribution in [0.25, 0.3) is 0 Å². The van der Waals surface area contributed by atoms with Crippen LogP contribution in [0.3, 0.4) is 0 Å². The molecular formula is C22H20FN3O5. The Hall–Kier alpha value is -4.01. The Balaban J connectivity index is 1.82. The molecule has 1 heterocycles. The second-order valence-corrected chi connectivity index (χ2v) is 6.83. The van der Waals surface area contributed by atoms with E-state index in [2.05, 4.69) is 0 Å². The van der Waals surface area contributed by atoms with E-state index in [0.717, 1.165) is 14.7 Å². The van der Waals surface area contributed by atoms with Gasteiger partial charge >= 0.3 is 11.7 Å². The van der Waals surface area contributed by atoms with Crippen molar-refractivity contribution < 1.29 is 18.7 Å². The largest absolute Gasteiger partial charge is 0.457 e. The van der Waals surface area contributed by atoms with Crippen molar-refractivity contribution in [2.75, 3.05) is 12.3 Å². The topological polar surface area (TPSA) is 113 Å². The molecule has 2 N–H and O–H groups in total. The zero-order valence-electron chi connectivity index (χ0n) is 16.7. The van der Waals surface area contributed by atoms with E-state index in [1.165, 1.54) is 25.2 Å². The van der Waals surface area contributed by atoms with Crippen molar-refractivity contribution in [2.45, 2.75) is 13.0 Å². The maximum Gasteiger partial charge on any atom is 0.332 e. The van der Waals surface area contributed by atoms with Gasteiger partial charge in [0.25, 0.3) is 5.56 Å². The van der Waals surface area contributed by atoms with Crippen LogP contribution in [0, 0.1) is 5.82 Å². The number of anilines is 1. The highest BCUT2D eigenvalue weighted by Gasteiger charge is 2.23. The molecule has 2 aromatic carbocycles. The molecule has 31 heavy (non-hydrogen) atoms. The van der Waals surface area contributed by atoms with Crippen molar-refractivity contribution in [3.8, 4) is 0 Å². The van der Waals surface area contributed by atoms with E-state index in [-0.39, 0.29) is 24.3 Å². The molecular weight excluding hydrogens is 405 g/mol. The van der Waals surface area contributed by atoms with E-state index < -0.39 is 41.0 Å². The molecule has 0 saturated carbocycles. The first kappa shape index (κ1) is 21.7. The summed E-state index contributed by atoms with van der Waals surface area (Å²) in [6, 6.07) is 14.6. The van der Waals surface area contributed by atoms with Gasteiger partial charge in [0, 0.05) is 7.05 Å². The number of Topliss-reactive ketones (excluding diaryl/α,β-unsaturated/α-hetero) is 1. The number of rotatable bonds is 7. The molecule has 3 rings (SSSR count). The number of ether oxygens (including phenoxy) is 1. The molecule has 0 aliphatic heterocycles. The minimum absolute atomic E-state index is 0.0486. The van der Waals surface area contributed by atoms with Gasteiger partial charge in [-0.05, 0) is 17.2 Å².